The van der Waals surface area contributed by atoms with Gasteiger partial charge in [-0.15, -0.1) is 0 Å². The van der Waals surface area contributed by atoms with Crippen LogP contribution in [0.25, 0.3) is 0 Å². The Labute approximate surface area is 125 Å². The molecule has 0 atom stereocenters. The normalized spacial score (nSPS) is 11.7. The molecule has 0 aromatic carbocycles. The molecule has 0 unspecified atom stereocenters. The first-order valence-electron chi connectivity index (χ1n) is 7.69. The molecule has 1 heterocycles. The number of aromatic hydroxyl groups is 1. The van der Waals surface area contributed by atoms with Crippen LogP contribution in [0, 0.1) is 0 Å². The van der Waals surface area contributed by atoms with Gasteiger partial charge in [-0.1, -0.05) is 38.8 Å². The topological polar surface area (TPSA) is 72.0 Å². The van der Waals surface area contributed by atoms with Crippen LogP contribution < -0.4 is 5.63 Å². The fourth-order valence-electron chi connectivity index (χ4n) is 1.97. The number of rotatable bonds is 9. The van der Waals surface area contributed by atoms with Gasteiger partial charge < -0.3 is 14.4 Å². The number of hydrogen-bond donors (Lipinski definition) is 1. The molecule has 5 heteroatoms. The van der Waals surface area contributed by atoms with Gasteiger partial charge in [0.2, 0.25) is 0 Å². The van der Waals surface area contributed by atoms with Crippen molar-refractivity contribution in [2.24, 2.45) is 5.16 Å². The van der Waals surface area contributed by atoms with Crippen molar-refractivity contribution in [1.82, 2.24) is 0 Å². The van der Waals surface area contributed by atoms with Gasteiger partial charge in [0.1, 0.15) is 23.7 Å². The van der Waals surface area contributed by atoms with Crippen LogP contribution in [0.1, 0.15) is 64.2 Å². The molecule has 0 amide bonds. The molecule has 1 rings (SSSR count). The minimum Gasteiger partial charge on any atom is -0.507 e. The molecule has 5 nitrogen and oxygen atoms in total. The van der Waals surface area contributed by atoms with Crippen molar-refractivity contribution in [3.05, 3.63) is 27.8 Å². The number of hydrogen-bond acceptors (Lipinski definition) is 5. The zero-order valence-corrected chi connectivity index (χ0v) is 13.1. The van der Waals surface area contributed by atoms with E-state index in [1.807, 2.05) is 13.8 Å². The molecule has 21 heavy (non-hydrogen) atoms. The molecule has 0 aliphatic carbocycles. The summed E-state index contributed by atoms with van der Waals surface area (Å²) in [6.45, 7) is 6.37. The largest absolute Gasteiger partial charge is 0.507 e. The Kier molecular flexibility index (Phi) is 7.58. The first-order valence-corrected chi connectivity index (χ1v) is 7.69. The monoisotopic (exact) mass is 295 g/mol. The standard InChI is InChI=1S/C16H25NO4/c1-4-7-8-9-10-20-17-13(6-3)15-14(18)11-12(5-2)21-16(15)19/h11,18H,4-10H2,1-3H3. The molecule has 1 N–H and O–H groups in total. The lowest BCUT2D eigenvalue weighted by molar-refractivity contribution is 0.139. The molecular formula is C16H25NO4. The molecule has 0 radical (unpaired) electrons. The van der Waals surface area contributed by atoms with Crippen LogP contribution in [0.5, 0.6) is 5.75 Å². The summed E-state index contributed by atoms with van der Waals surface area (Å²) < 4.78 is 5.13. The summed E-state index contributed by atoms with van der Waals surface area (Å²) in [5, 5.41) is 14.0. The number of aryl methyl sites for hydroxylation is 1. The van der Waals surface area contributed by atoms with Crippen LogP contribution >= 0.6 is 0 Å². The molecule has 0 saturated carbocycles. The van der Waals surface area contributed by atoms with Gasteiger partial charge in [-0.25, -0.2) is 4.79 Å². The lowest BCUT2D eigenvalue weighted by atomic mass is 10.1. The maximum Gasteiger partial charge on any atom is 0.349 e. The van der Waals surface area contributed by atoms with Gasteiger partial charge in [0.05, 0.1) is 5.71 Å². The van der Waals surface area contributed by atoms with Crippen LogP contribution in [0.2, 0.25) is 0 Å². The highest BCUT2D eigenvalue weighted by Gasteiger charge is 2.16. The summed E-state index contributed by atoms with van der Waals surface area (Å²) in [6, 6.07) is 1.46. The highest BCUT2D eigenvalue weighted by atomic mass is 16.6. The van der Waals surface area contributed by atoms with Crippen LogP contribution in [0.3, 0.4) is 0 Å². The molecule has 0 aliphatic heterocycles. The van der Waals surface area contributed by atoms with Crippen molar-refractivity contribution in [1.29, 1.82) is 0 Å². The third-order valence-corrected chi connectivity index (χ3v) is 3.22. The minimum atomic E-state index is -0.568. The molecule has 0 fully saturated rings. The van der Waals surface area contributed by atoms with E-state index in [1.54, 1.807) is 0 Å². The zero-order valence-electron chi connectivity index (χ0n) is 13.1. The molecule has 118 valence electrons. The lowest BCUT2D eigenvalue weighted by Crippen LogP contribution is -2.16. The Morgan fingerprint density at radius 1 is 1.29 bits per heavy atom. The summed E-state index contributed by atoms with van der Waals surface area (Å²) in [4.78, 5) is 17.2. The van der Waals surface area contributed by atoms with E-state index in [2.05, 4.69) is 12.1 Å². The maximum absolute atomic E-state index is 11.9. The van der Waals surface area contributed by atoms with Crippen molar-refractivity contribution in [2.45, 2.75) is 59.3 Å². The molecule has 0 aliphatic rings. The Hall–Kier alpha value is -1.78. The van der Waals surface area contributed by atoms with E-state index in [-0.39, 0.29) is 11.3 Å². The van der Waals surface area contributed by atoms with Gasteiger partial charge in [-0.05, 0) is 19.3 Å². The third kappa shape index (κ3) is 5.25. The maximum atomic E-state index is 11.9. The van der Waals surface area contributed by atoms with Gasteiger partial charge in [0, 0.05) is 12.5 Å². The Morgan fingerprint density at radius 2 is 2.05 bits per heavy atom. The first kappa shape index (κ1) is 17.3. The fourth-order valence-corrected chi connectivity index (χ4v) is 1.97. The summed E-state index contributed by atoms with van der Waals surface area (Å²) in [7, 11) is 0. The van der Waals surface area contributed by atoms with Gasteiger partial charge in [-0.3, -0.25) is 0 Å². The second kappa shape index (κ2) is 9.21. The molecule has 1 aromatic rings. The lowest BCUT2D eigenvalue weighted by Gasteiger charge is -2.06. The SMILES string of the molecule is CCCCCCON=C(CC)c1c(O)cc(CC)oc1=O. The Bertz CT molecular complexity index is 519. The van der Waals surface area contributed by atoms with Crippen LogP contribution in [0.4, 0.5) is 0 Å². The van der Waals surface area contributed by atoms with E-state index < -0.39 is 5.63 Å². The Balaban J connectivity index is 2.78. The second-order valence-corrected chi connectivity index (χ2v) is 4.90. The van der Waals surface area contributed by atoms with E-state index in [0.717, 1.165) is 12.8 Å². The number of unbranched alkanes of at least 4 members (excludes halogenated alkanes) is 3. The van der Waals surface area contributed by atoms with Crippen molar-refractivity contribution in [2.75, 3.05) is 6.61 Å². The van der Waals surface area contributed by atoms with E-state index in [4.69, 9.17) is 9.25 Å². The average Bonchev–Trinajstić information content (AvgIpc) is 2.47. The highest BCUT2D eigenvalue weighted by Crippen LogP contribution is 2.17. The quantitative estimate of drug-likeness (QED) is 0.429. The first-order chi connectivity index (χ1) is 10.1. The predicted molar refractivity (Wildman–Crippen MR) is 82.9 cm³/mol. The van der Waals surface area contributed by atoms with Crippen LogP contribution in [0.15, 0.2) is 20.4 Å². The number of oxime groups is 1. The molecule has 1 aromatic heterocycles. The molecular weight excluding hydrogens is 270 g/mol. The van der Waals surface area contributed by atoms with Gasteiger partial charge in [0.15, 0.2) is 0 Å². The summed E-state index contributed by atoms with van der Waals surface area (Å²) in [5.74, 6) is 0.357. The Morgan fingerprint density at radius 3 is 2.62 bits per heavy atom. The van der Waals surface area contributed by atoms with Crippen LogP contribution in [-0.2, 0) is 11.3 Å². The van der Waals surface area contributed by atoms with Crippen LogP contribution in [-0.4, -0.2) is 17.4 Å². The summed E-state index contributed by atoms with van der Waals surface area (Å²) >= 11 is 0. The molecule has 0 saturated heterocycles. The van der Waals surface area contributed by atoms with Gasteiger partial charge >= 0.3 is 5.63 Å². The molecule has 0 bridgehead atoms. The van der Waals surface area contributed by atoms with Crippen molar-refractivity contribution >= 4 is 5.71 Å². The zero-order chi connectivity index (χ0) is 15.7. The third-order valence-electron chi connectivity index (χ3n) is 3.22. The van der Waals surface area contributed by atoms with Crippen molar-refractivity contribution in [3.8, 4) is 5.75 Å². The molecule has 0 spiro atoms. The minimum absolute atomic E-state index is 0.0988. The highest BCUT2D eigenvalue weighted by molar-refractivity contribution is 6.01. The van der Waals surface area contributed by atoms with E-state index in [9.17, 15) is 9.90 Å². The van der Waals surface area contributed by atoms with Gasteiger partial charge in [-0.2, -0.15) is 0 Å². The fraction of sp³-hybridized carbons (Fsp3) is 0.625. The second-order valence-electron chi connectivity index (χ2n) is 4.90. The van der Waals surface area contributed by atoms with E-state index in [1.165, 1.54) is 18.9 Å². The average molecular weight is 295 g/mol. The van der Waals surface area contributed by atoms with Crippen molar-refractivity contribution in [3.63, 3.8) is 0 Å². The summed E-state index contributed by atoms with van der Waals surface area (Å²) in [5.41, 5.74) is -0.0512. The van der Waals surface area contributed by atoms with E-state index >= 15 is 0 Å². The smallest absolute Gasteiger partial charge is 0.349 e. The number of nitrogens with zero attached hydrogens (tertiary/aromatic N) is 1. The summed E-state index contributed by atoms with van der Waals surface area (Å²) in [6.07, 6.45) is 5.42. The van der Waals surface area contributed by atoms with Gasteiger partial charge in [0.25, 0.3) is 0 Å². The predicted octanol–water partition coefficient (Wildman–Crippen LogP) is 3.62. The van der Waals surface area contributed by atoms with E-state index in [0.29, 0.717) is 30.9 Å². The van der Waals surface area contributed by atoms with Crippen molar-refractivity contribution < 1.29 is 14.4 Å².